The van der Waals surface area contributed by atoms with Crippen LogP contribution in [0.2, 0.25) is 10.0 Å². The molecule has 1 heterocycles. The van der Waals surface area contributed by atoms with E-state index in [0.29, 0.717) is 25.8 Å². The van der Waals surface area contributed by atoms with E-state index in [9.17, 15) is 15.3 Å². The second-order valence-electron chi connectivity index (χ2n) is 6.08. The zero-order valence-electron chi connectivity index (χ0n) is 15.0. The van der Waals surface area contributed by atoms with Gasteiger partial charge in [0.15, 0.2) is 5.57 Å². The number of benzene rings is 2. The average molecular weight is 426 g/mol. The highest BCUT2D eigenvalue weighted by Crippen LogP contribution is 2.24. The largest absolute Gasteiger partial charge is 0.273 e. The van der Waals surface area contributed by atoms with Gasteiger partial charge in [0.05, 0.1) is 10.2 Å². The lowest BCUT2D eigenvalue weighted by molar-refractivity contribution is 0.973. The monoisotopic (exact) mass is 425 g/mol. The molecular weight excluding hydrogens is 413 g/mol. The summed E-state index contributed by atoms with van der Waals surface area (Å²) in [5.41, 5.74) is 2.57. The standard InChI is InChI=1S/C21H13Cl2N3OS/c1-12-6-7-18(13(2)8-12)26-20(27)19(28-21(26)14(10-24)11-25)9-15-16(22)4-3-5-17(15)23/h3-9H,1-2H3/b19-9-. The Kier molecular flexibility index (Phi) is 5.72. The maximum absolute atomic E-state index is 13.2. The first-order chi connectivity index (χ1) is 13.4. The van der Waals surface area contributed by atoms with Crippen molar-refractivity contribution in [2.75, 3.05) is 0 Å². The minimum Gasteiger partial charge on any atom is -0.267 e. The van der Waals surface area contributed by atoms with Crippen LogP contribution in [-0.2, 0) is 0 Å². The second-order valence-corrected chi connectivity index (χ2v) is 7.93. The van der Waals surface area contributed by atoms with Crippen molar-refractivity contribution in [3.8, 4) is 17.8 Å². The van der Waals surface area contributed by atoms with Crippen LogP contribution >= 0.6 is 34.5 Å². The second kappa shape index (κ2) is 8.04. The first-order valence-electron chi connectivity index (χ1n) is 8.17. The van der Waals surface area contributed by atoms with Gasteiger partial charge in [-0.3, -0.25) is 9.36 Å². The maximum atomic E-state index is 13.2. The molecule has 0 fully saturated rings. The fourth-order valence-corrected chi connectivity index (χ4v) is 4.36. The van der Waals surface area contributed by atoms with E-state index in [1.807, 2.05) is 38.1 Å². The normalized spacial score (nSPS) is 11.1. The summed E-state index contributed by atoms with van der Waals surface area (Å²) >= 11 is 13.5. The SMILES string of the molecule is Cc1ccc(-n2c(=C(C#N)C#N)s/c(=C\c3c(Cl)cccc3Cl)c2=O)c(C)c1. The lowest BCUT2D eigenvalue weighted by atomic mass is 10.1. The third-order valence-electron chi connectivity index (χ3n) is 4.13. The number of nitriles is 2. The molecule has 28 heavy (non-hydrogen) atoms. The molecule has 0 N–H and O–H groups in total. The molecular formula is C21H13Cl2N3OS. The van der Waals surface area contributed by atoms with Crippen molar-refractivity contribution < 1.29 is 0 Å². The minimum atomic E-state index is -0.342. The summed E-state index contributed by atoms with van der Waals surface area (Å²) in [7, 11) is 0. The molecule has 3 rings (SSSR count). The lowest BCUT2D eigenvalue weighted by Crippen LogP contribution is -2.31. The Morgan fingerprint density at radius 2 is 1.75 bits per heavy atom. The van der Waals surface area contributed by atoms with Gasteiger partial charge in [0, 0.05) is 15.6 Å². The van der Waals surface area contributed by atoms with E-state index in [2.05, 4.69) is 0 Å². The zero-order chi connectivity index (χ0) is 20.4. The molecule has 7 heteroatoms. The number of rotatable bonds is 2. The van der Waals surface area contributed by atoms with Crippen LogP contribution in [0.3, 0.4) is 0 Å². The highest BCUT2D eigenvalue weighted by atomic mass is 35.5. The fraction of sp³-hybridized carbons (Fsp3) is 0.0952. The van der Waals surface area contributed by atoms with Gasteiger partial charge >= 0.3 is 0 Å². The molecule has 0 aliphatic carbocycles. The van der Waals surface area contributed by atoms with Gasteiger partial charge in [-0.25, -0.2) is 0 Å². The van der Waals surface area contributed by atoms with E-state index in [0.717, 1.165) is 22.5 Å². The lowest BCUT2D eigenvalue weighted by Gasteiger charge is -2.07. The van der Waals surface area contributed by atoms with Crippen molar-refractivity contribution in [2.24, 2.45) is 0 Å². The highest BCUT2D eigenvalue weighted by molar-refractivity contribution is 7.07. The first kappa shape index (κ1) is 19.9. The van der Waals surface area contributed by atoms with Crippen molar-refractivity contribution in [2.45, 2.75) is 13.8 Å². The Balaban J connectivity index is 2.47. The number of nitrogens with zero attached hydrogens (tertiary/aromatic N) is 3. The number of hydrogen-bond donors (Lipinski definition) is 0. The molecule has 1 aromatic heterocycles. The third-order valence-corrected chi connectivity index (χ3v) is 5.88. The van der Waals surface area contributed by atoms with E-state index in [-0.39, 0.29) is 15.8 Å². The zero-order valence-corrected chi connectivity index (χ0v) is 17.3. The van der Waals surface area contributed by atoms with Crippen molar-refractivity contribution in [3.63, 3.8) is 0 Å². The van der Waals surface area contributed by atoms with E-state index in [1.54, 1.807) is 30.3 Å². The number of halogens is 2. The van der Waals surface area contributed by atoms with E-state index >= 15 is 0 Å². The summed E-state index contributed by atoms with van der Waals surface area (Å²) in [6, 6.07) is 14.5. The van der Waals surface area contributed by atoms with Crippen molar-refractivity contribution in [1.29, 1.82) is 10.5 Å². The first-order valence-corrected chi connectivity index (χ1v) is 9.74. The van der Waals surface area contributed by atoms with Gasteiger partial charge in [-0.15, -0.1) is 11.3 Å². The summed E-state index contributed by atoms with van der Waals surface area (Å²) in [6.45, 7) is 3.83. The number of hydrogen-bond acceptors (Lipinski definition) is 4. The Bertz CT molecular complexity index is 1320. The van der Waals surface area contributed by atoms with Crippen molar-refractivity contribution >= 4 is 46.2 Å². The quantitative estimate of drug-likeness (QED) is 0.625. The molecule has 2 aromatic carbocycles. The van der Waals surface area contributed by atoms with Crippen LogP contribution in [0.5, 0.6) is 0 Å². The molecule has 0 saturated carbocycles. The van der Waals surface area contributed by atoms with Gasteiger partial charge in [-0.1, -0.05) is 47.0 Å². The van der Waals surface area contributed by atoms with Crippen molar-refractivity contribution in [1.82, 2.24) is 4.57 Å². The van der Waals surface area contributed by atoms with Crippen LogP contribution in [0.4, 0.5) is 0 Å². The number of aryl methyl sites for hydroxylation is 2. The summed E-state index contributed by atoms with van der Waals surface area (Å²) < 4.78 is 2.00. The minimum absolute atomic E-state index is 0.132. The Morgan fingerprint density at radius 3 is 2.32 bits per heavy atom. The van der Waals surface area contributed by atoms with Gasteiger partial charge in [-0.2, -0.15) is 10.5 Å². The predicted octanol–water partition coefficient (Wildman–Crippen LogP) is 3.85. The van der Waals surface area contributed by atoms with Gasteiger partial charge < -0.3 is 0 Å². The Labute approximate surface area is 175 Å². The van der Waals surface area contributed by atoms with E-state index in [4.69, 9.17) is 23.2 Å². The van der Waals surface area contributed by atoms with Crippen LogP contribution in [0.15, 0.2) is 41.2 Å². The van der Waals surface area contributed by atoms with Gasteiger partial charge in [-0.05, 0) is 43.7 Å². The number of thiazole rings is 1. The third kappa shape index (κ3) is 3.61. The molecule has 0 aliphatic heterocycles. The summed E-state index contributed by atoms with van der Waals surface area (Å²) in [5.74, 6) is 0. The maximum Gasteiger partial charge on any atom is 0.273 e. The smallest absolute Gasteiger partial charge is 0.267 e. The predicted molar refractivity (Wildman–Crippen MR) is 113 cm³/mol. The van der Waals surface area contributed by atoms with Crippen LogP contribution < -0.4 is 14.8 Å². The molecule has 4 nitrogen and oxygen atoms in total. The fourth-order valence-electron chi connectivity index (χ4n) is 2.83. The molecule has 138 valence electrons. The molecule has 3 aromatic rings. The molecule has 0 atom stereocenters. The van der Waals surface area contributed by atoms with Gasteiger partial charge in [0.1, 0.15) is 16.8 Å². The highest BCUT2D eigenvalue weighted by Gasteiger charge is 2.14. The van der Waals surface area contributed by atoms with Gasteiger partial charge in [0.2, 0.25) is 0 Å². The molecule has 0 unspecified atom stereocenters. The molecule has 0 amide bonds. The van der Waals surface area contributed by atoms with Crippen LogP contribution in [0.1, 0.15) is 16.7 Å². The van der Waals surface area contributed by atoms with E-state index in [1.165, 1.54) is 4.57 Å². The van der Waals surface area contributed by atoms with Gasteiger partial charge in [0.25, 0.3) is 5.56 Å². The van der Waals surface area contributed by atoms with E-state index < -0.39 is 0 Å². The average Bonchev–Trinajstić information content (AvgIpc) is 2.96. The Hall–Kier alpha value is -2.83. The topological polar surface area (TPSA) is 69.6 Å². The van der Waals surface area contributed by atoms with Crippen molar-refractivity contribution in [3.05, 3.63) is 82.7 Å². The van der Waals surface area contributed by atoms with Crippen LogP contribution in [-0.4, -0.2) is 4.57 Å². The number of aromatic nitrogens is 1. The molecule has 0 radical (unpaired) electrons. The summed E-state index contributed by atoms with van der Waals surface area (Å²) in [6.07, 6.45) is 1.59. The summed E-state index contributed by atoms with van der Waals surface area (Å²) in [4.78, 5) is 13.2. The molecule has 0 spiro atoms. The van der Waals surface area contributed by atoms with Crippen LogP contribution in [0.25, 0.3) is 17.3 Å². The molecule has 0 saturated heterocycles. The Morgan fingerprint density at radius 1 is 1.11 bits per heavy atom. The summed E-state index contributed by atoms with van der Waals surface area (Å²) in [5, 5.41) is 19.6. The molecule has 0 bridgehead atoms. The molecule has 0 aliphatic rings. The van der Waals surface area contributed by atoms with Crippen LogP contribution in [0, 0.1) is 36.5 Å².